The van der Waals surface area contributed by atoms with E-state index in [-0.39, 0.29) is 23.3 Å². The molecule has 11 heteroatoms. The van der Waals surface area contributed by atoms with Crippen LogP contribution in [0, 0.1) is 11.7 Å². The molecule has 0 unspecified atom stereocenters. The molecule has 0 saturated heterocycles. The fourth-order valence-corrected chi connectivity index (χ4v) is 5.91. The van der Waals surface area contributed by atoms with E-state index in [1.54, 1.807) is 23.5 Å². The van der Waals surface area contributed by atoms with Gasteiger partial charge >= 0.3 is 0 Å². The number of fused-ring (bicyclic) bond motifs is 3. The summed E-state index contributed by atoms with van der Waals surface area (Å²) < 4.78 is 13.1. The maximum atomic E-state index is 13.1. The van der Waals surface area contributed by atoms with Crippen molar-refractivity contribution in [3.8, 4) is 0 Å². The number of aromatic amines is 1. The van der Waals surface area contributed by atoms with Crippen molar-refractivity contribution in [2.24, 2.45) is 5.92 Å². The monoisotopic (exact) mass is 469 g/mol. The number of thiophene rings is 1. The zero-order valence-corrected chi connectivity index (χ0v) is 18.8. The van der Waals surface area contributed by atoms with Gasteiger partial charge in [-0.15, -0.1) is 11.3 Å². The van der Waals surface area contributed by atoms with Gasteiger partial charge in [0.25, 0.3) is 5.56 Å². The van der Waals surface area contributed by atoms with Crippen molar-refractivity contribution < 1.29 is 4.39 Å². The highest BCUT2D eigenvalue weighted by molar-refractivity contribution is 7.98. The number of hydrogen-bond acceptors (Lipinski definition) is 9. The Morgan fingerprint density at radius 2 is 2.06 bits per heavy atom. The Bertz CT molecular complexity index is 1350. The first kappa shape index (κ1) is 20.8. The molecular weight excluding hydrogens is 449 g/mol. The molecule has 32 heavy (non-hydrogen) atoms. The lowest BCUT2D eigenvalue weighted by Gasteiger charge is -2.17. The number of hydrogen-bond donors (Lipinski definition) is 3. The zero-order chi connectivity index (χ0) is 22.2. The van der Waals surface area contributed by atoms with Crippen molar-refractivity contribution in [1.29, 1.82) is 0 Å². The summed E-state index contributed by atoms with van der Waals surface area (Å²) in [5.41, 5.74) is 7.52. The third kappa shape index (κ3) is 4.30. The molecule has 0 aliphatic heterocycles. The van der Waals surface area contributed by atoms with Crippen LogP contribution in [0.2, 0.25) is 0 Å². The first-order valence-electron chi connectivity index (χ1n) is 10.1. The van der Waals surface area contributed by atoms with Gasteiger partial charge in [-0.1, -0.05) is 18.7 Å². The molecular formula is C21H20FN7OS2. The number of nitrogens with one attached hydrogen (secondary N) is 2. The lowest BCUT2D eigenvalue weighted by atomic mass is 9.89. The molecule has 0 radical (unpaired) electrons. The second-order valence-electron chi connectivity index (χ2n) is 7.76. The van der Waals surface area contributed by atoms with E-state index in [9.17, 15) is 9.18 Å². The Morgan fingerprint density at radius 1 is 1.25 bits per heavy atom. The van der Waals surface area contributed by atoms with E-state index in [0.717, 1.165) is 35.0 Å². The minimum Gasteiger partial charge on any atom is -0.368 e. The molecule has 164 valence electrons. The lowest BCUT2D eigenvalue weighted by Crippen LogP contribution is -2.13. The smallest absolute Gasteiger partial charge is 0.260 e. The van der Waals surface area contributed by atoms with E-state index in [0.29, 0.717) is 28.3 Å². The summed E-state index contributed by atoms with van der Waals surface area (Å²) in [6, 6.07) is 5.83. The van der Waals surface area contributed by atoms with Gasteiger partial charge in [0, 0.05) is 10.6 Å². The van der Waals surface area contributed by atoms with E-state index >= 15 is 0 Å². The fourth-order valence-electron chi connectivity index (χ4n) is 3.75. The molecule has 4 N–H and O–H groups in total. The Hall–Kier alpha value is -3.05. The molecule has 1 aliphatic carbocycles. The standard InChI is InChI=1S/C21H20FN7OS2/c1-10-2-7-13-14(8-10)32-18-16(13)17(30)27-21(28-18)31-9-15-25-19(23)29-20(26-15)24-12-5-3-11(22)4-6-12/h3-6,10H,2,7-9H2,1H3,(H,27,28,30)(H3,23,24,25,26,29)/t10-/m1/s1. The lowest BCUT2D eigenvalue weighted by molar-refractivity contribution is 0.509. The predicted molar refractivity (Wildman–Crippen MR) is 125 cm³/mol. The van der Waals surface area contributed by atoms with Crippen LogP contribution in [-0.2, 0) is 18.6 Å². The first-order valence-corrected chi connectivity index (χ1v) is 11.9. The van der Waals surface area contributed by atoms with Crippen LogP contribution < -0.4 is 16.6 Å². The number of aryl methyl sites for hydroxylation is 1. The topological polar surface area (TPSA) is 122 Å². The third-order valence-corrected chi connectivity index (χ3v) is 7.30. The summed E-state index contributed by atoms with van der Waals surface area (Å²) in [5, 5.41) is 4.23. The van der Waals surface area contributed by atoms with Crippen molar-refractivity contribution in [2.75, 3.05) is 11.1 Å². The highest BCUT2D eigenvalue weighted by Gasteiger charge is 2.23. The fraction of sp³-hybridized carbons (Fsp3) is 0.286. The molecule has 0 fully saturated rings. The minimum absolute atomic E-state index is 0.0668. The highest BCUT2D eigenvalue weighted by Crippen LogP contribution is 2.36. The number of nitrogens with two attached hydrogens (primary N) is 1. The Balaban J connectivity index is 1.35. The van der Waals surface area contributed by atoms with Crippen molar-refractivity contribution in [3.05, 3.63) is 56.7 Å². The van der Waals surface area contributed by atoms with E-state index in [1.807, 2.05) is 0 Å². The van der Waals surface area contributed by atoms with Crippen molar-refractivity contribution in [2.45, 2.75) is 37.1 Å². The van der Waals surface area contributed by atoms with Crippen LogP contribution in [0.3, 0.4) is 0 Å². The number of aromatic nitrogens is 5. The number of anilines is 3. The Kier molecular flexibility index (Phi) is 5.51. The normalized spacial score (nSPS) is 15.6. The van der Waals surface area contributed by atoms with Crippen LogP contribution in [0.1, 0.15) is 29.6 Å². The molecule has 1 aliphatic rings. The van der Waals surface area contributed by atoms with E-state index < -0.39 is 0 Å². The molecule has 0 saturated carbocycles. The van der Waals surface area contributed by atoms with Gasteiger partial charge in [-0.2, -0.15) is 15.0 Å². The van der Waals surface area contributed by atoms with Crippen LogP contribution in [0.5, 0.6) is 0 Å². The highest BCUT2D eigenvalue weighted by atomic mass is 32.2. The number of halogens is 1. The summed E-state index contributed by atoms with van der Waals surface area (Å²) in [5.74, 6) is 1.42. The molecule has 3 heterocycles. The maximum Gasteiger partial charge on any atom is 0.260 e. The molecule has 8 nitrogen and oxygen atoms in total. The largest absolute Gasteiger partial charge is 0.368 e. The quantitative estimate of drug-likeness (QED) is 0.296. The molecule has 1 aromatic carbocycles. The van der Waals surface area contributed by atoms with Crippen LogP contribution >= 0.6 is 23.1 Å². The van der Waals surface area contributed by atoms with Crippen LogP contribution in [0.25, 0.3) is 10.2 Å². The van der Waals surface area contributed by atoms with Gasteiger partial charge in [0.2, 0.25) is 11.9 Å². The number of nitrogen functional groups attached to an aromatic ring is 1. The molecule has 1 atom stereocenters. The summed E-state index contributed by atoms with van der Waals surface area (Å²) in [6.45, 7) is 2.24. The zero-order valence-electron chi connectivity index (χ0n) is 17.2. The Morgan fingerprint density at radius 3 is 2.88 bits per heavy atom. The number of nitrogens with zero attached hydrogens (tertiary/aromatic N) is 4. The third-order valence-electron chi connectivity index (χ3n) is 5.28. The second kappa shape index (κ2) is 8.47. The SMILES string of the molecule is C[C@@H]1CCc2c(sc3nc(SCc4nc(N)nc(Nc5ccc(F)cc5)n4)[nH]c(=O)c23)C1. The average molecular weight is 470 g/mol. The van der Waals surface area contributed by atoms with Crippen molar-refractivity contribution in [3.63, 3.8) is 0 Å². The van der Waals surface area contributed by atoms with Crippen LogP contribution in [-0.4, -0.2) is 24.9 Å². The van der Waals surface area contributed by atoms with Crippen molar-refractivity contribution in [1.82, 2.24) is 24.9 Å². The van der Waals surface area contributed by atoms with Gasteiger partial charge in [-0.3, -0.25) is 4.79 Å². The first-order chi connectivity index (χ1) is 15.4. The number of benzene rings is 1. The molecule has 0 bridgehead atoms. The summed E-state index contributed by atoms with van der Waals surface area (Å²) in [6.07, 6.45) is 3.04. The Labute approximate surface area is 190 Å². The van der Waals surface area contributed by atoms with E-state index in [1.165, 1.54) is 28.8 Å². The van der Waals surface area contributed by atoms with Gasteiger partial charge in [0.15, 0.2) is 5.16 Å². The van der Waals surface area contributed by atoms with Crippen molar-refractivity contribution >= 4 is 50.9 Å². The number of rotatable bonds is 5. The van der Waals surface area contributed by atoms with Crippen LogP contribution in [0.15, 0.2) is 34.2 Å². The summed E-state index contributed by atoms with van der Waals surface area (Å²) in [7, 11) is 0. The summed E-state index contributed by atoms with van der Waals surface area (Å²) >= 11 is 2.95. The predicted octanol–water partition coefficient (Wildman–Crippen LogP) is 4.05. The number of H-pyrrole nitrogens is 1. The van der Waals surface area contributed by atoms with Gasteiger partial charge in [0.1, 0.15) is 16.5 Å². The molecule has 4 aromatic rings. The molecule has 3 aromatic heterocycles. The second-order valence-corrected chi connectivity index (χ2v) is 9.80. The number of thioether (sulfide) groups is 1. The van der Waals surface area contributed by atoms with Gasteiger partial charge < -0.3 is 16.0 Å². The van der Waals surface area contributed by atoms with E-state index in [2.05, 4.69) is 37.2 Å². The average Bonchev–Trinajstić information content (AvgIpc) is 3.11. The van der Waals surface area contributed by atoms with Gasteiger partial charge in [-0.25, -0.2) is 9.37 Å². The van der Waals surface area contributed by atoms with Gasteiger partial charge in [-0.05, 0) is 55.0 Å². The van der Waals surface area contributed by atoms with Gasteiger partial charge in [0.05, 0.1) is 11.1 Å². The maximum absolute atomic E-state index is 13.1. The molecule has 0 spiro atoms. The molecule has 0 amide bonds. The minimum atomic E-state index is -0.331. The summed E-state index contributed by atoms with van der Waals surface area (Å²) in [4.78, 5) is 35.0. The van der Waals surface area contributed by atoms with Crippen LogP contribution in [0.4, 0.5) is 22.0 Å². The molecule has 5 rings (SSSR count). The van der Waals surface area contributed by atoms with E-state index in [4.69, 9.17) is 5.73 Å².